The Hall–Kier alpha value is -4.83. The van der Waals surface area contributed by atoms with Crippen LogP contribution in [0.5, 0.6) is 5.75 Å². The zero-order valence-electron chi connectivity index (χ0n) is 21.5. The van der Waals surface area contributed by atoms with Gasteiger partial charge in [0.1, 0.15) is 28.8 Å². The molecule has 1 atom stereocenters. The fourth-order valence-corrected chi connectivity index (χ4v) is 5.40. The second-order valence-electron chi connectivity index (χ2n) is 8.93. The Morgan fingerprint density at radius 3 is 2.48 bits per heavy atom. The van der Waals surface area contributed by atoms with Gasteiger partial charge in [-0.1, -0.05) is 53.8 Å². The van der Waals surface area contributed by atoms with Crippen LogP contribution in [0.2, 0.25) is 0 Å². The van der Waals surface area contributed by atoms with Crippen LogP contribution in [0.1, 0.15) is 38.1 Å². The van der Waals surface area contributed by atoms with Crippen molar-refractivity contribution in [1.82, 2.24) is 4.98 Å². The summed E-state index contributed by atoms with van der Waals surface area (Å²) >= 11 is 0.899. The van der Waals surface area contributed by atoms with Gasteiger partial charge < -0.3 is 14.6 Å². The number of rotatable bonds is 7. The molecule has 40 heavy (non-hydrogen) atoms. The fourth-order valence-electron chi connectivity index (χ4n) is 4.39. The monoisotopic (exact) mass is 558 g/mol. The fraction of sp³-hybridized carbons (Fsp3) is 0.133. The molecule has 0 aliphatic carbocycles. The lowest BCUT2D eigenvalue weighted by Gasteiger charge is -2.23. The minimum Gasteiger partial charge on any atom is -0.507 e. The number of esters is 1. The van der Waals surface area contributed by atoms with E-state index in [1.54, 1.807) is 31.2 Å². The number of aryl methyl sites for hydroxylation is 1. The van der Waals surface area contributed by atoms with Gasteiger partial charge in [-0.25, -0.2) is 14.2 Å². The third-order valence-electron chi connectivity index (χ3n) is 6.35. The summed E-state index contributed by atoms with van der Waals surface area (Å²) < 4.78 is 24.4. The summed E-state index contributed by atoms with van der Waals surface area (Å²) in [5.41, 5.74) is 1.69. The van der Waals surface area contributed by atoms with Crippen LogP contribution in [-0.4, -0.2) is 34.9 Å². The molecule has 2 heterocycles. The summed E-state index contributed by atoms with van der Waals surface area (Å²) in [4.78, 5) is 44.8. The number of nitrogens with zero attached hydrogens (tertiary/aromatic N) is 2. The predicted octanol–water partition coefficient (Wildman–Crippen LogP) is 5.58. The van der Waals surface area contributed by atoms with Gasteiger partial charge in [-0.15, -0.1) is 0 Å². The van der Waals surface area contributed by atoms with E-state index in [-0.39, 0.29) is 27.8 Å². The number of methoxy groups -OCH3 is 1. The molecule has 1 aromatic heterocycles. The van der Waals surface area contributed by atoms with Crippen LogP contribution in [0.25, 0.3) is 5.76 Å². The number of carbonyl (C=O) groups is 3. The molecule has 0 radical (unpaired) electrons. The van der Waals surface area contributed by atoms with Crippen molar-refractivity contribution in [2.75, 3.05) is 12.0 Å². The number of ether oxygens (including phenoxy) is 2. The minimum atomic E-state index is -1.11. The second kappa shape index (κ2) is 11.1. The number of anilines is 1. The van der Waals surface area contributed by atoms with Crippen LogP contribution in [0.3, 0.4) is 0 Å². The number of benzene rings is 3. The first kappa shape index (κ1) is 26.8. The molecule has 0 spiro atoms. The smallest absolute Gasteiger partial charge is 0.350 e. The number of aliphatic hydroxyl groups excluding tert-OH is 1. The molecule has 5 rings (SSSR count). The van der Waals surface area contributed by atoms with E-state index in [2.05, 4.69) is 4.98 Å². The van der Waals surface area contributed by atoms with Crippen molar-refractivity contribution in [2.45, 2.75) is 19.6 Å². The standard InChI is InChI=1S/C30H23FN2O6S/c1-17-27(29(37)38-2)40-30(32-17)33-24(20-9-6-10-22(15-20)39-16-18-7-4-3-5-8-18)23(26(35)28(33)36)25(34)19-11-13-21(31)14-12-19/h3-15,24,34H,16H2,1-2H3. The zero-order valence-corrected chi connectivity index (χ0v) is 22.3. The van der Waals surface area contributed by atoms with Gasteiger partial charge in [0.25, 0.3) is 5.78 Å². The predicted molar refractivity (Wildman–Crippen MR) is 147 cm³/mol. The molecule has 1 aliphatic rings. The van der Waals surface area contributed by atoms with E-state index in [0.29, 0.717) is 17.0 Å². The summed E-state index contributed by atoms with van der Waals surface area (Å²) in [6.45, 7) is 1.88. The van der Waals surface area contributed by atoms with E-state index in [1.165, 1.54) is 19.2 Å². The lowest BCUT2D eigenvalue weighted by molar-refractivity contribution is -0.132. The SMILES string of the molecule is COC(=O)c1sc(N2C(=O)C(=O)C(=C(O)c3ccc(F)cc3)C2c2cccc(OCc3ccccc3)c2)nc1C. The molecule has 1 saturated heterocycles. The van der Waals surface area contributed by atoms with Crippen LogP contribution < -0.4 is 9.64 Å². The van der Waals surface area contributed by atoms with Crippen molar-refractivity contribution >= 4 is 39.9 Å². The van der Waals surface area contributed by atoms with Gasteiger partial charge in [0.2, 0.25) is 0 Å². The van der Waals surface area contributed by atoms with E-state index in [1.807, 2.05) is 30.3 Å². The van der Waals surface area contributed by atoms with Crippen molar-refractivity contribution in [1.29, 1.82) is 0 Å². The molecular weight excluding hydrogens is 535 g/mol. The van der Waals surface area contributed by atoms with Gasteiger partial charge in [-0.3, -0.25) is 14.5 Å². The molecule has 1 N–H and O–H groups in total. The first-order chi connectivity index (χ1) is 19.3. The largest absolute Gasteiger partial charge is 0.507 e. The molecule has 10 heteroatoms. The number of Topliss-reactive ketones (excluding diaryl/α,β-unsaturated/α-hetero) is 1. The number of carbonyl (C=O) groups excluding carboxylic acids is 3. The third-order valence-corrected chi connectivity index (χ3v) is 7.48. The molecule has 1 fully saturated rings. The summed E-state index contributed by atoms with van der Waals surface area (Å²) in [5.74, 6) is -3.03. The highest BCUT2D eigenvalue weighted by molar-refractivity contribution is 7.17. The van der Waals surface area contributed by atoms with Gasteiger partial charge in [-0.05, 0) is 54.4 Å². The van der Waals surface area contributed by atoms with Crippen LogP contribution in [0.4, 0.5) is 9.52 Å². The number of halogens is 1. The quantitative estimate of drug-likeness (QED) is 0.137. The Labute approximate surface area is 232 Å². The highest BCUT2D eigenvalue weighted by Crippen LogP contribution is 2.44. The summed E-state index contributed by atoms with van der Waals surface area (Å²) in [7, 11) is 1.23. The van der Waals surface area contributed by atoms with Crippen molar-refractivity contribution in [2.24, 2.45) is 0 Å². The molecule has 8 nitrogen and oxygen atoms in total. The normalized spacial score (nSPS) is 16.3. The average molecular weight is 559 g/mol. The molecule has 4 aromatic rings. The maximum Gasteiger partial charge on any atom is 0.350 e. The molecule has 1 unspecified atom stereocenters. The number of hydrogen-bond donors (Lipinski definition) is 1. The molecule has 3 aromatic carbocycles. The maximum absolute atomic E-state index is 13.6. The number of amides is 1. The Balaban J connectivity index is 1.62. The first-order valence-corrected chi connectivity index (χ1v) is 13.0. The van der Waals surface area contributed by atoms with Crippen LogP contribution in [-0.2, 0) is 20.9 Å². The molecule has 0 bridgehead atoms. The van der Waals surface area contributed by atoms with Crippen molar-refractivity contribution in [3.05, 3.63) is 118 Å². The number of aromatic nitrogens is 1. The number of hydrogen-bond acceptors (Lipinski definition) is 8. The maximum atomic E-state index is 13.6. The summed E-state index contributed by atoms with van der Waals surface area (Å²) in [5, 5.41) is 11.3. The van der Waals surface area contributed by atoms with E-state index >= 15 is 0 Å². The zero-order chi connectivity index (χ0) is 28.4. The Morgan fingerprint density at radius 1 is 1.05 bits per heavy atom. The molecule has 1 aliphatic heterocycles. The molecular formula is C30H23FN2O6S. The highest BCUT2D eigenvalue weighted by Gasteiger charge is 2.48. The first-order valence-electron chi connectivity index (χ1n) is 12.2. The lowest BCUT2D eigenvalue weighted by Crippen LogP contribution is -2.29. The second-order valence-corrected chi connectivity index (χ2v) is 9.90. The Bertz CT molecular complexity index is 1630. The van der Waals surface area contributed by atoms with E-state index in [9.17, 15) is 23.9 Å². The van der Waals surface area contributed by atoms with Gasteiger partial charge in [0.05, 0.1) is 24.4 Å². The topological polar surface area (TPSA) is 106 Å². The van der Waals surface area contributed by atoms with E-state index in [0.717, 1.165) is 33.9 Å². The molecule has 1 amide bonds. The lowest BCUT2D eigenvalue weighted by atomic mass is 9.95. The van der Waals surface area contributed by atoms with Crippen LogP contribution in [0, 0.1) is 12.7 Å². The number of ketones is 1. The Kier molecular flexibility index (Phi) is 7.43. The van der Waals surface area contributed by atoms with Gasteiger partial charge in [0.15, 0.2) is 5.13 Å². The average Bonchev–Trinajstić information content (AvgIpc) is 3.48. The van der Waals surface area contributed by atoms with Crippen LogP contribution in [0.15, 0.2) is 84.4 Å². The van der Waals surface area contributed by atoms with Crippen LogP contribution >= 0.6 is 11.3 Å². The van der Waals surface area contributed by atoms with Gasteiger partial charge in [-0.2, -0.15) is 0 Å². The van der Waals surface area contributed by atoms with Gasteiger partial charge >= 0.3 is 11.9 Å². The molecule has 202 valence electrons. The number of aliphatic hydroxyl groups is 1. The molecule has 0 saturated carbocycles. The van der Waals surface area contributed by atoms with Crippen molar-refractivity contribution in [3.8, 4) is 5.75 Å². The third kappa shape index (κ3) is 5.08. The van der Waals surface area contributed by atoms with Crippen molar-refractivity contribution < 1.29 is 33.4 Å². The summed E-state index contributed by atoms with van der Waals surface area (Å²) in [6, 6.07) is 20.2. The van der Waals surface area contributed by atoms with Gasteiger partial charge in [0, 0.05) is 5.56 Å². The minimum absolute atomic E-state index is 0.0822. The number of thiazole rings is 1. The van der Waals surface area contributed by atoms with E-state index in [4.69, 9.17) is 9.47 Å². The Morgan fingerprint density at radius 2 is 1.77 bits per heavy atom. The van der Waals surface area contributed by atoms with E-state index < -0.39 is 35.3 Å². The highest BCUT2D eigenvalue weighted by atomic mass is 32.1. The van der Waals surface area contributed by atoms with Crippen molar-refractivity contribution in [3.63, 3.8) is 0 Å². The summed E-state index contributed by atoms with van der Waals surface area (Å²) in [6.07, 6.45) is 0.